The highest BCUT2D eigenvalue weighted by molar-refractivity contribution is 7.98. The maximum absolute atomic E-state index is 9.34. The van der Waals surface area contributed by atoms with Gasteiger partial charge in [-0.3, -0.25) is 0 Å². The topological polar surface area (TPSA) is 63.8 Å². The number of aliphatic hydroxyl groups is 1. The van der Waals surface area contributed by atoms with Crippen LogP contribution in [0.4, 0.5) is 0 Å². The fourth-order valence-corrected chi connectivity index (χ4v) is 4.00. The van der Waals surface area contributed by atoms with Crippen LogP contribution in [0.3, 0.4) is 0 Å². The van der Waals surface area contributed by atoms with Crippen LogP contribution in [-0.2, 0) is 17.8 Å². The minimum atomic E-state index is -0.0467. The van der Waals surface area contributed by atoms with Crippen LogP contribution >= 0.6 is 23.1 Å². The van der Waals surface area contributed by atoms with Crippen molar-refractivity contribution < 1.29 is 5.11 Å². The molecule has 114 valence electrons. The van der Waals surface area contributed by atoms with E-state index in [0.29, 0.717) is 11.9 Å². The van der Waals surface area contributed by atoms with Gasteiger partial charge in [-0.2, -0.15) is 0 Å². The molecule has 0 aromatic carbocycles. The van der Waals surface area contributed by atoms with Crippen LogP contribution in [0.2, 0.25) is 0 Å². The highest BCUT2D eigenvalue weighted by Crippen LogP contribution is 2.39. The standard InChI is InChI=1S/C14H20N4OS2/c1-14(2,3)12-15-9(7-20-12)8-21-13-17-16-11(6-19)18(13)10-4-5-10/h7,10,19H,4-6,8H2,1-3H3. The van der Waals surface area contributed by atoms with E-state index in [9.17, 15) is 5.11 Å². The number of rotatable bonds is 5. The number of thioether (sulfide) groups is 1. The second-order valence-electron chi connectivity index (χ2n) is 6.34. The summed E-state index contributed by atoms with van der Waals surface area (Å²) in [6, 6.07) is 0.477. The lowest BCUT2D eigenvalue weighted by molar-refractivity contribution is 0.263. The molecular formula is C14H20N4OS2. The van der Waals surface area contributed by atoms with Crippen molar-refractivity contribution >= 4 is 23.1 Å². The molecule has 0 bridgehead atoms. The summed E-state index contributed by atoms with van der Waals surface area (Å²) in [7, 11) is 0. The lowest BCUT2D eigenvalue weighted by Crippen LogP contribution is -2.10. The van der Waals surface area contributed by atoms with E-state index in [1.807, 2.05) is 0 Å². The van der Waals surface area contributed by atoms with E-state index in [1.165, 1.54) is 0 Å². The van der Waals surface area contributed by atoms with Gasteiger partial charge in [0.05, 0.1) is 10.7 Å². The minimum Gasteiger partial charge on any atom is -0.388 e. The van der Waals surface area contributed by atoms with Gasteiger partial charge in [0.1, 0.15) is 6.61 Å². The van der Waals surface area contributed by atoms with Crippen molar-refractivity contribution in [2.75, 3.05) is 0 Å². The van der Waals surface area contributed by atoms with E-state index >= 15 is 0 Å². The zero-order chi connectivity index (χ0) is 15.0. The SMILES string of the molecule is CC(C)(C)c1nc(CSc2nnc(CO)n2C2CC2)cs1. The maximum Gasteiger partial charge on any atom is 0.191 e. The van der Waals surface area contributed by atoms with Crippen LogP contribution in [0.15, 0.2) is 10.5 Å². The van der Waals surface area contributed by atoms with Gasteiger partial charge < -0.3 is 9.67 Å². The van der Waals surface area contributed by atoms with Crippen LogP contribution in [0.25, 0.3) is 0 Å². The number of thiazole rings is 1. The van der Waals surface area contributed by atoms with E-state index < -0.39 is 0 Å². The first-order valence-corrected chi connectivity index (χ1v) is 8.98. The van der Waals surface area contributed by atoms with E-state index in [-0.39, 0.29) is 12.0 Å². The fourth-order valence-electron chi connectivity index (χ4n) is 2.07. The van der Waals surface area contributed by atoms with Crippen LogP contribution in [0, 0.1) is 0 Å². The van der Waals surface area contributed by atoms with E-state index in [0.717, 1.165) is 34.5 Å². The predicted octanol–water partition coefficient (Wildman–Crippen LogP) is 3.15. The molecule has 0 radical (unpaired) electrons. The Labute approximate surface area is 132 Å². The zero-order valence-electron chi connectivity index (χ0n) is 12.5. The molecule has 0 aliphatic heterocycles. The molecular weight excluding hydrogens is 304 g/mol. The Morgan fingerprint density at radius 1 is 1.38 bits per heavy atom. The summed E-state index contributed by atoms with van der Waals surface area (Å²) in [6.07, 6.45) is 2.31. The third-order valence-electron chi connectivity index (χ3n) is 3.33. The Hall–Kier alpha value is -0.920. The van der Waals surface area contributed by atoms with Crippen LogP contribution in [-0.4, -0.2) is 24.9 Å². The second kappa shape index (κ2) is 5.70. The molecule has 21 heavy (non-hydrogen) atoms. The molecule has 0 unspecified atom stereocenters. The average molecular weight is 324 g/mol. The van der Waals surface area contributed by atoms with Crippen LogP contribution in [0.1, 0.15) is 56.2 Å². The Morgan fingerprint density at radius 3 is 2.71 bits per heavy atom. The molecule has 1 aliphatic rings. The molecule has 5 nitrogen and oxygen atoms in total. The van der Waals surface area contributed by atoms with Crippen molar-refractivity contribution in [3.05, 3.63) is 21.9 Å². The summed E-state index contributed by atoms with van der Waals surface area (Å²) in [6.45, 7) is 6.49. The second-order valence-corrected chi connectivity index (χ2v) is 8.14. The molecule has 2 aromatic rings. The van der Waals surface area contributed by atoms with E-state index in [1.54, 1.807) is 23.1 Å². The van der Waals surface area contributed by atoms with Crippen molar-refractivity contribution in [2.45, 2.75) is 62.6 Å². The molecule has 0 atom stereocenters. The third kappa shape index (κ3) is 3.30. The molecule has 0 saturated heterocycles. The Bertz CT molecular complexity index is 625. The van der Waals surface area contributed by atoms with Crippen LogP contribution in [0.5, 0.6) is 0 Å². The predicted molar refractivity (Wildman–Crippen MR) is 84.6 cm³/mol. The number of hydrogen-bond acceptors (Lipinski definition) is 6. The molecule has 3 rings (SSSR count). The minimum absolute atomic E-state index is 0.0467. The largest absolute Gasteiger partial charge is 0.388 e. The molecule has 1 N–H and O–H groups in total. The van der Waals surface area contributed by atoms with Gasteiger partial charge in [-0.25, -0.2) is 4.98 Å². The van der Waals surface area contributed by atoms with Crippen molar-refractivity contribution in [1.82, 2.24) is 19.7 Å². The van der Waals surface area contributed by atoms with Gasteiger partial charge in [-0.1, -0.05) is 32.5 Å². The normalized spacial score (nSPS) is 15.6. The number of aliphatic hydroxyl groups excluding tert-OH is 1. The summed E-state index contributed by atoms with van der Waals surface area (Å²) in [5, 5.41) is 21.8. The first kappa shape index (κ1) is 15.0. The third-order valence-corrected chi connectivity index (χ3v) is 5.62. The van der Waals surface area contributed by atoms with Gasteiger partial charge in [0.15, 0.2) is 11.0 Å². The molecule has 1 fully saturated rings. The number of aromatic nitrogens is 4. The molecule has 1 aliphatic carbocycles. The van der Waals surface area contributed by atoms with Gasteiger partial charge in [0.2, 0.25) is 0 Å². The van der Waals surface area contributed by atoms with Crippen LogP contribution < -0.4 is 0 Å². The zero-order valence-corrected chi connectivity index (χ0v) is 14.2. The van der Waals surface area contributed by atoms with E-state index in [4.69, 9.17) is 4.98 Å². The first-order chi connectivity index (χ1) is 9.99. The van der Waals surface area contributed by atoms with E-state index in [2.05, 4.69) is 40.9 Å². The lowest BCUT2D eigenvalue weighted by atomic mass is 9.98. The summed E-state index contributed by atoms with van der Waals surface area (Å²) < 4.78 is 2.09. The van der Waals surface area contributed by atoms with Gasteiger partial charge in [-0.05, 0) is 12.8 Å². The Balaban J connectivity index is 1.70. The summed E-state index contributed by atoms with van der Waals surface area (Å²) >= 11 is 3.37. The van der Waals surface area contributed by atoms with Gasteiger partial charge in [-0.15, -0.1) is 21.5 Å². The Morgan fingerprint density at radius 2 is 2.14 bits per heavy atom. The lowest BCUT2D eigenvalue weighted by Gasteiger charge is -2.13. The van der Waals surface area contributed by atoms with Gasteiger partial charge >= 0.3 is 0 Å². The quantitative estimate of drug-likeness (QED) is 0.856. The Kier molecular flexibility index (Phi) is 4.07. The number of nitrogens with zero attached hydrogens (tertiary/aromatic N) is 4. The highest BCUT2D eigenvalue weighted by atomic mass is 32.2. The molecule has 0 amide bonds. The average Bonchev–Trinajstić information content (AvgIpc) is 3.01. The van der Waals surface area contributed by atoms with Gasteiger partial charge in [0, 0.05) is 22.6 Å². The highest BCUT2D eigenvalue weighted by Gasteiger charge is 2.29. The number of hydrogen-bond donors (Lipinski definition) is 1. The van der Waals surface area contributed by atoms with Crippen molar-refractivity contribution in [3.63, 3.8) is 0 Å². The molecule has 1 saturated carbocycles. The fraction of sp³-hybridized carbons (Fsp3) is 0.643. The summed E-state index contributed by atoms with van der Waals surface area (Å²) in [4.78, 5) is 4.70. The monoisotopic (exact) mass is 324 g/mol. The maximum atomic E-state index is 9.34. The molecule has 2 heterocycles. The van der Waals surface area contributed by atoms with Gasteiger partial charge in [0.25, 0.3) is 0 Å². The smallest absolute Gasteiger partial charge is 0.191 e. The van der Waals surface area contributed by atoms with Crippen molar-refractivity contribution in [1.29, 1.82) is 0 Å². The van der Waals surface area contributed by atoms with Crippen molar-refractivity contribution in [2.24, 2.45) is 0 Å². The summed E-state index contributed by atoms with van der Waals surface area (Å²) in [5.41, 5.74) is 1.19. The molecule has 2 aromatic heterocycles. The van der Waals surface area contributed by atoms with Crippen molar-refractivity contribution in [3.8, 4) is 0 Å². The first-order valence-electron chi connectivity index (χ1n) is 7.11. The summed E-state index contributed by atoms with van der Waals surface area (Å²) in [5.74, 6) is 1.47. The molecule has 0 spiro atoms. The molecule has 7 heteroatoms.